The van der Waals surface area contributed by atoms with Crippen molar-refractivity contribution in [3.8, 4) is 11.8 Å². The number of nitrogens with one attached hydrogen (secondary N) is 1. The van der Waals surface area contributed by atoms with Crippen LogP contribution in [0, 0.1) is 11.8 Å². The highest BCUT2D eigenvalue weighted by Gasteiger charge is 2.12. The third-order valence-corrected chi connectivity index (χ3v) is 5.21. The summed E-state index contributed by atoms with van der Waals surface area (Å²) in [5.41, 5.74) is 0. The van der Waals surface area contributed by atoms with E-state index in [2.05, 4.69) is 55.1 Å². The minimum atomic E-state index is 0.329. The number of rotatable bonds is 3. The lowest BCUT2D eigenvalue weighted by Crippen LogP contribution is -2.14. The molecule has 0 spiro atoms. The van der Waals surface area contributed by atoms with Crippen molar-refractivity contribution in [2.75, 3.05) is 7.05 Å². The molecule has 76 valence electrons. The summed E-state index contributed by atoms with van der Waals surface area (Å²) in [6.45, 7) is 1.87. The Bertz CT molecular complexity index is 342. The third-order valence-electron chi connectivity index (χ3n) is 1.84. The highest BCUT2D eigenvalue weighted by atomic mass is 79.9. The highest BCUT2D eigenvalue weighted by molar-refractivity contribution is 9.13. The zero-order valence-corrected chi connectivity index (χ0v) is 12.0. The molecule has 14 heavy (non-hydrogen) atoms. The Kier molecular flexibility index (Phi) is 5.18. The van der Waals surface area contributed by atoms with Crippen molar-refractivity contribution in [2.45, 2.75) is 19.4 Å². The summed E-state index contributed by atoms with van der Waals surface area (Å²) >= 11 is 8.71. The smallest absolute Gasteiger partial charge is 0.0843 e. The summed E-state index contributed by atoms with van der Waals surface area (Å²) in [6, 6.07) is 2.46. The summed E-state index contributed by atoms with van der Waals surface area (Å²) in [6.07, 6.45) is 0.854. The van der Waals surface area contributed by atoms with Gasteiger partial charge in [-0.25, -0.2) is 0 Å². The highest BCUT2D eigenvalue weighted by Crippen LogP contribution is 2.36. The number of hydrogen-bond donors (Lipinski definition) is 1. The van der Waals surface area contributed by atoms with E-state index >= 15 is 0 Å². The van der Waals surface area contributed by atoms with Gasteiger partial charge in [-0.2, -0.15) is 0 Å². The standard InChI is InChI=1S/C10H11Br2NS/c1-3-4-5-8(13-2)9-6-7(11)10(12)14-9/h6,8,13H,5H2,1-2H3. The monoisotopic (exact) mass is 335 g/mol. The fraction of sp³-hybridized carbons (Fsp3) is 0.400. The molecule has 0 bridgehead atoms. The Morgan fingerprint density at radius 2 is 2.29 bits per heavy atom. The molecule has 0 aliphatic carbocycles. The molecule has 0 aliphatic heterocycles. The molecule has 0 saturated heterocycles. The van der Waals surface area contributed by atoms with Gasteiger partial charge in [0.25, 0.3) is 0 Å². The van der Waals surface area contributed by atoms with E-state index in [1.165, 1.54) is 4.88 Å². The second-order valence-electron chi connectivity index (χ2n) is 2.74. The Balaban J connectivity index is 2.81. The number of thiophene rings is 1. The first-order chi connectivity index (χ1) is 6.69. The molecule has 4 heteroatoms. The molecule has 0 radical (unpaired) electrons. The second-order valence-corrected chi connectivity index (χ2v) is 6.00. The first-order valence-corrected chi connectivity index (χ1v) is 6.61. The zero-order valence-electron chi connectivity index (χ0n) is 8.03. The molecule has 1 heterocycles. The molecule has 0 saturated carbocycles. The quantitative estimate of drug-likeness (QED) is 0.824. The van der Waals surface area contributed by atoms with E-state index in [0.29, 0.717) is 6.04 Å². The van der Waals surface area contributed by atoms with Crippen LogP contribution in [0.15, 0.2) is 14.3 Å². The molecule has 1 aromatic heterocycles. The van der Waals surface area contributed by atoms with Gasteiger partial charge in [0.2, 0.25) is 0 Å². The third kappa shape index (κ3) is 3.09. The summed E-state index contributed by atoms with van der Waals surface area (Å²) in [4.78, 5) is 1.30. The van der Waals surface area contributed by atoms with Crippen LogP contribution in [0.3, 0.4) is 0 Å². The van der Waals surface area contributed by atoms with Crippen LogP contribution in [-0.2, 0) is 0 Å². The topological polar surface area (TPSA) is 12.0 Å². The Labute approximate surface area is 106 Å². The van der Waals surface area contributed by atoms with Gasteiger partial charge in [-0.3, -0.25) is 0 Å². The average molecular weight is 337 g/mol. The largest absolute Gasteiger partial charge is 0.312 e. The lowest BCUT2D eigenvalue weighted by Gasteiger charge is -2.09. The molecule has 0 aromatic carbocycles. The van der Waals surface area contributed by atoms with Gasteiger partial charge in [0.15, 0.2) is 0 Å². The van der Waals surface area contributed by atoms with Crippen LogP contribution in [0.1, 0.15) is 24.3 Å². The van der Waals surface area contributed by atoms with Crippen molar-refractivity contribution in [1.82, 2.24) is 5.32 Å². The van der Waals surface area contributed by atoms with Gasteiger partial charge in [0, 0.05) is 15.8 Å². The van der Waals surface area contributed by atoms with Crippen molar-refractivity contribution in [1.29, 1.82) is 0 Å². The first-order valence-electron chi connectivity index (χ1n) is 4.20. The lowest BCUT2D eigenvalue weighted by atomic mass is 10.2. The van der Waals surface area contributed by atoms with Gasteiger partial charge in [-0.15, -0.1) is 23.2 Å². The fourth-order valence-corrected chi connectivity index (χ4v) is 3.28. The van der Waals surface area contributed by atoms with Crippen molar-refractivity contribution in [3.05, 3.63) is 19.2 Å². The summed E-state index contributed by atoms with van der Waals surface area (Å²) < 4.78 is 2.25. The molecular weight excluding hydrogens is 326 g/mol. The average Bonchev–Trinajstić information content (AvgIpc) is 2.48. The van der Waals surface area contributed by atoms with Gasteiger partial charge in [-0.1, -0.05) is 0 Å². The van der Waals surface area contributed by atoms with Crippen LogP contribution >= 0.6 is 43.2 Å². The van der Waals surface area contributed by atoms with E-state index in [0.717, 1.165) is 14.7 Å². The minimum Gasteiger partial charge on any atom is -0.312 e. The predicted molar refractivity (Wildman–Crippen MR) is 69.6 cm³/mol. The summed E-state index contributed by atoms with van der Waals surface area (Å²) in [7, 11) is 1.96. The van der Waals surface area contributed by atoms with Gasteiger partial charge >= 0.3 is 0 Å². The van der Waals surface area contributed by atoms with E-state index in [1.54, 1.807) is 11.3 Å². The van der Waals surface area contributed by atoms with Crippen LogP contribution in [0.4, 0.5) is 0 Å². The molecule has 1 unspecified atom stereocenters. The summed E-state index contributed by atoms with van der Waals surface area (Å²) in [5, 5.41) is 3.26. The Morgan fingerprint density at radius 1 is 1.57 bits per heavy atom. The maximum absolute atomic E-state index is 3.49. The number of hydrogen-bond acceptors (Lipinski definition) is 2. The van der Waals surface area contributed by atoms with Gasteiger partial charge in [-0.05, 0) is 51.9 Å². The van der Waals surface area contributed by atoms with Crippen LogP contribution in [0.5, 0.6) is 0 Å². The van der Waals surface area contributed by atoms with Crippen LogP contribution in [0.25, 0.3) is 0 Å². The van der Waals surface area contributed by atoms with Gasteiger partial charge in [0.05, 0.1) is 9.83 Å². The van der Waals surface area contributed by atoms with E-state index in [4.69, 9.17) is 0 Å². The van der Waals surface area contributed by atoms with Crippen molar-refractivity contribution in [3.63, 3.8) is 0 Å². The maximum atomic E-state index is 3.49. The predicted octanol–water partition coefficient (Wildman–Crippen LogP) is 3.95. The van der Waals surface area contributed by atoms with Crippen molar-refractivity contribution in [2.24, 2.45) is 0 Å². The summed E-state index contributed by atoms with van der Waals surface area (Å²) in [5.74, 6) is 6.00. The second kappa shape index (κ2) is 5.92. The lowest BCUT2D eigenvalue weighted by molar-refractivity contribution is 0.622. The van der Waals surface area contributed by atoms with Crippen LogP contribution in [-0.4, -0.2) is 7.05 Å². The van der Waals surface area contributed by atoms with E-state index < -0.39 is 0 Å². The Hall–Kier alpha value is 0.180. The molecule has 1 nitrogen and oxygen atoms in total. The SMILES string of the molecule is CC#CCC(NC)c1cc(Br)c(Br)s1. The number of halogens is 2. The normalized spacial score (nSPS) is 12.0. The molecule has 0 fully saturated rings. The molecule has 0 amide bonds. The van der Waals surface area contributed by atoms with Crippen LogP contribution in [0.2, 0.25) is 0 Å². The van der Waals surface area contributed by atoms with Gasteiger partial charge < -0.3 is 5.32 Å². The van der Waals surface area contributed by atoms with Crippen molar-refractivity contribution >= 4 is 43.2 Å². The molecule has 1 atom stereocenters. The minimum absolute atomic E-state index is 0.329. The fourth-order valence-electron chi connectivity index (χ4n) is 1.08. The molecule has 0 aliphatic rings. The van der Waals surface area contributed by atoms with E-state index in [-0.39, 0.29) is 0 Å². The van der Waals surface area contributed by atoms with Gasteiger partial charge in [0.1, 0.15) is 0 Å². The molecule has 1 N–H and O–H groups in total. The molecule has 1 aromatic rings. The maximum Gasteiger partial charge on any atom is 0.0843 e. The van der Waals surface area contributed by atoms with Crippen molar-refractivity contribution < 1.29 is 0 Å². The van der Waals surface area contributed by atoms with E-state index in [1.807, 2.05) is 14.0 Å². The van der Waals surface area contributed by atoms with E-state index in [9.17, 15) is 0 Å². The Morgan fingerprint density at radius 3 is 2.71 bits per heavy atom. The molecular formula is C10H11Br2NS. The zero-order chi connectivity index (χ0) is 10.6. The molecule has 1 rings (SSSR count). The first kappa shape index (κ1) is 12.3. The van der Waals surface area contributed by atoms with Crippen LogP contribution < -0.4 is 5.32 Å².